The smallest absolute Gasteiger partial charge is 0.303 e. The first-order valence-electron chi connectivity index (χ1n) is 7.22. The molecule has 0 spiro atoms. The zero-order valence-corrected chi connectivity index (χ0v) is 12.6. The summed E-state index contributed by atoms with van der Waals surface area (Å²) in [7, 11) is 1.61. The molecule has 0 unspecified atom stereocenters. The van der Waals surface area contributed by atoms with E-state index in [-0.39, 0.29) is 18.0 Å². The van der Waals surface area contributed by atoms with Gasteiger partial charge in [-0.15, -0.1) is 0 Å². The Morgan fingerprint density at radius 1 is 1.18 bits per heavy atom. The number of ether oxygens (including phenoxy) is 3. The van der Waals surface area contributed by atoms with Crippen molar-refractivity contribution in [1.29, 1.82) is 0 Å². The van der Waals surface area contributed by atoms with Gasteiger partial charge in [0.2, 0.25) is 0 Å². The van der Waals surface area contributed by atoms with Gasteiger partial charge in [0.05, 0.1) is 19.6 Å². The third-order valence-corrected chi connectivity index (χ3v) is 3.83. The fourth-order valence-corrected chi connectivity index (χ4v) is 2.78. The van der Waals surface area contributed by atoms with Gasteiger partial charge in [-0.2, -0.15) is 0 Å². The van der Waals surface area contributed by atoms with Gasteiger partial charge in [-0.3, -0.25) is 4.79 Å². The van der Waals surface area contributed by atoms with Gasteiger partial charge < -0.3 is 14.2 Å². The van der Waals surface area contributed by atoms with Gasteiger partial charge >= 0.3 is 5.97 Å². The zero-order valence-electron chi connectivity index (χ0n) is 12.6. The van der Waals surface area contributed by atoms with Crippen LogP contribution in [0.4, 0.5) is 0 Å². The van der Waals surface area contributed by atoms with Crippen LogP contribution >= 0.6 is 0 Å². The van der Waals surface area contributed by atoms with Crippen LogP contribution in [0.1, 0.15) is 30.1 Å². The van der Waals surface area contributed by atoms with Crippen molar-refractivity contribution in [1.82, 2.24) is 0 Å². The first-order valence-corrected chi connectivity index (χ1v) is 7.22. The van der Waals surface area contributed by atoms with Crippen LogP contribution in [0.25, 0.3) is 0 Å². The number of hydrogen-bond donors (Lipinski definition) is 0. The molecule has 0 radical (unpaired) electrons. The van der Waals surface area contributed by atoms with Crippen molar-refractivity contribution < 1.29 is 19.0 Å². The Bertz CT molecular complexity index is 666. The second-order valence-corrected chi connectivity index (χ2v) is 5.26. The average Bonchev–Trinajstić information content (AvgIpc) is 2.55. The lowest BCUT2D eigenvalue weighted by Crippen LogP contribution is -2.27. The first-order chi connectivity index (χ1) is 10.7. The molecule has 4 nitrogen and oxygen atoms in total. The largest absolute Gasteiger partial charge is 0.497 e. The van der Waals surface area contributed by atoms with Crippen LogP contribution in [0.15, 0.2) is 48.5 Å². The van der Waals surface area contributed by atoms with Gasteiger partial charge in [-0.05, 0) is 17.7 Å². The predicted molar refractivity (Wildman–Crippen MR) is 82.2 cm³/mol. The normalized spacial score (nSPS) is 19.7. The van der Waals surface area contributed by atoms with Gasteiger partial charge in [-0.25, -0.2) is 0 Å². The molecular formula is C18H18O4. The Hall–Kier alpha value is -2.49. The lowest BCUT2D eigenvalue weighted by Gasteiger charge is -2.33. The van der Waals surface area contributed by atoms with E-state index in [9.17, 15) is 4.79 Å². The van der Waals surface area contributed by atoms with Gasteiger partial charge in [0, 0.05) is 18.6 Å². The van der Waals surface area contributed by atoms with Gasteiger partial charge in [0.15, 0.2) is 0 Å². The molecule has 3 rings (SSSR count). The Morgan fingerprint density at radius 3 is 2.64 bits per heavy atom. The highest BCUT2D eigenvalue weighted by Gasteiger charge is 2.34. The standard InChI is InChI=1S/C18H18O4/c1-12(19)22-18-15-9-8-14(20-2)10-17(15)21-11-16(18)13-6-4-3-5-7-13/h3-10,16,18H,11H2,1-2H3/t16-,18+/m0/s1. The molecule has 1 aliphatic heterocycles. The molecule has 2 aromatic carbocycles. The van der Waals surface area contributed by atoms with Crippen LogP contribution in [0.5, 0.6) is 11.5 Å². The molecule has 0 bridgehead atoms. The Kier molecular flexibility index (Phi) is 4.00. The van der Waals surface area contributed by atoms with Crippen molar-refractivity contribution in [2.75, 3.05) is 13.7 Å². The first kappa shape index (κ1) is 14.4. The van der Waals surface area contributed by atoms with Gasteiger partial charge in [0.25, 0.3) is 0 Å². The van der Waals surface area contributed by atoms with Crippen molar-refractivity contribution in [3.8, 4) is 11.5 Å². The lowest BCUT2D eigenvalue weighted by atomic mass is 9.87. The zero-order chi connectivity index (χ0) is 15.5. The van der Waals surface area contributed by atoms with E-state index in [4.69, 9.17) is 14.2 Å². The van der Waals surface area contributed by atoms with Crippen molar-refractivity contribution in [3.05, 3.63) is 59.7 Å². The predicted octanol–water partition coefficient (Wildman–Crippen LogP) is 3.48. The summed E-state index contributed by atoms with van der Waals surface area (Å²) in [5, 5.41) is 0. The minimum atomic E-state index is -0.352. The van der Waals surface area contributed by atoms with E-state index in [0.29, 0.717) is 12.4 Å². The Morgan fingerprint density at radius 2 is 1.95 bits per heavy atom. The summed E-state index contributed by atoms with van der Waals surface area (Å²) in [6, 6.07) is 15.5. The fourth-order valence-electron chi connectivity index (χ4n) is 2.78. The highest BCUT2D eigenvalue weighted by Crippen LogP contribution is 2.44. The van der Waals surface area contributed by atoms with E-state index >= 15 is 0 Å². The minimum Gasteiger partial charge on any atom is -0.497 e. The molecule has 0 saturated carbocycles. The quantitative estimate of drug-likeness (QED) is 0.814. The number of carbonyl (C=O) groups is 1. The topological polar surface area (TPSA) is 44.8 Å². The maximum absolute atomic E-state index is 11.5. The average molecular weight is 298 g/mol. The lowest BCUT2D eigenvalue weighted by molar-refractivity contribution is -0.149. The SMILES string of the molecule is COc1ccc2c(c1)OC[C@@H](c1ccccc1)[C@@H]2OC(C)=O. The van der Waals surface area contributed by atoms with Crippen LogP contribution in [-0.2, 0) is 9.53 Å². The van der Waals surface area contributed by atoms with Crippen LogP contribution in [-0.4, -0.2) is 19.7 Å². The summed E-state index contributed by atoms with van der Waals surface area (Å²) in [6.07, 6.45) is -0.352. The van der Waals surface area contributed by atoms with Crippen molar-refractivity contribution in [3.63, 3.8) is 0 Å². The molecule has 0 saturated heterocycles. The molecule has 1 aliphatic rings. The van der Waals surface area contributed by atoms with E-state index in [1.807, 2.05) is 48.5 Å². The number of esters is 1. The molecule has 22 heavy (non-hydrogen) atoms. The summed E-state index contributed by atoms with van der Waals surface area (Å²) in [5.41, 5.74) is 1.96. The third kappa shape index (κ3) is 2.77. The fraction of sp³-hybridized carbons (Fsp3) is 0.278. The summed E-state index contributed by atoms with van der Waals surface area (Å²) < 4.78 is 16.7. The molecule has 1 heterocycles. The van der Waals surface area contributed by atoms with E-state index < -0.39 is 0 Å². The third-order valence-electron chi connectivity index (χ3n) is 3.83. The number of hydrogen-bond acceptors (Lipinski definition) is 4. The van der Waals surface area contributed by atoms with Crippen molar-refractivity contribution in [2.24, 2.45) is 0 Å². The molecular weight excluding hydrogens is 280 g/mol. The van der Waals surface area contributed by atoms with Crippen molar-refractivity contribution in [2.45, 2.75) is 18.9 Å². The minimum absolute atomic E-state index is 0.0222. The van der Waals surface area contributed by atoms with E-state index in [1.165, 1.54) is 6.92 Å². The molecule has 0 aromatic heterocycles. The van der Waals surface area contributed by atoms with Crippen LogP contribution in [0.3, 0.4) is 0 Å². The second-order valence-electron chi connectivity index (χ2n) is 5.26. The maximum Gasteiger partial charge on any atom is 0.303 e. The summed E-state index contributed by atoms with van der Waals surface area (Å²) in [5.74, 6) is 1.11. The molecule has 114 valence electrons. The molecule has 2 atom stereocenters. The Balaban J connectivity index is 2.01. The molecule has 0 aliphatic carbocycles. The van der Waals surface area contributed by atoms with Crippen LogP contribution < -0.4 is 9.47 Å². The van der Waals surface area contributed by atoms with Gasteiger partial charge in [0.1, 0.15) is 17.6 Å². The van der Waals surface area contributed by atoms with E-state index in [0.717, 1.165) is 16.9 Å². The number of fused-ring (bicyclic) bond motifs is 1. The summed E-state index contributed by atoms with van der Waals surface area (Å²) in [6.45, 7) is 1.89. The maximum atomic E-state index is 11.5. The number of methoxy groups -OCH3 is 1. The summed E-state index contributed by atoms with van der Waals surface area (Å²) in [4.78, 5) is 11.5. The van der Waals surface area contributed by atoms with Crippen LogP contribution in [0.2, 0.25) is 0 Å². The Labute approximate surface area is 129 Å². The number of benzene rings is 2. The molecule has 0 N–H and O–H groups in total. The van der Waals surface area contributed by atoms with Gasteiger partial charge in [-0.1, -0.05) is 30.3 Å². The molecule has 4 heteroatoms. The summed E-state index contributed by atoms with van der Waals surface area (Å²) >= 11 is 0. The molecule has 0 amide bonds. The molecule has 2 aromatic rings. The van der Waals surface area contributed by atoms with E-state index in [1.54, 1.807) is 7.11 Å². The van der Waals surface area contributed by atoms with E-state index in [2.05, 4.69) is 0 Å². The number of carbonyl (C=O) groups excluding carboxylic acids is 1. The highest BCUT2D eigenvalue weighted by molar-refractivity contribution is 5.67. The number of rotatable bonds is 3. The van der Waals surface area contributed by atoms with Crippen LogP contribution in [0, 0.1) is 0 Å². The monoisotopic (exact) mass is 298 g/mol. The second kappa shape index (κ2) is 6.10. The highest BCUT2D eigenvalue weighted by atomic mass is 16.6. The molecule has 0 fully saturated rings. The van der Waals surface area contributed by atoms with Crippen molar-refractivity contribution >= 4 is 5.97 Å².